The first-order valence-corrected chi connectivity index (χ1v) is 25.9. The maximum absolute atomic E-state index is 14.5. The second-order valence-electron chi connectivity index (χ2n) is 21.5. The first-order valence-electron chi connectivity index (χ1n) is 25.9. The third kappa shape index (κ3) is 15.8. The fourth-order valence-corrected chi connectivity index (χ4v) is 10.4. The van der Waals surface area contributed by atoms with Crippen molar-refractivity contribution in [3.8, 4) is 0 Å². The molecule has 0 aromatic heterocycles. The van der Waals surface area contributed by atoms with Crippen LogP contribution >= 0.6 is 0 Å². The van der Waals surface area contributed by atoms with E-state index in [0.29, 0.717) is 76.2 Å². The van der Waals surface area contributed by atoms with Crippen LogP contribution in [0.4, 0.5) is 0 Å². The van der Waals surface area contributed by atoms with Crippen LogP contribution in [0.2, 0.25) is 0 Å². The van der Waals surface area contributed by atoms with Crippen molar-refractivity contribution in [3.63, 3.8) is 0 Å². The molecule has 71 heavy (non-hydrogen) atoms. The second kappa shape index (κ2) is 27.4. The summed E-state index contributed by atoms with van der Waals surface area (Å²) in [5.41, 5.74) is -0.187. The van der Waals surface area contributed by atoms with Crippen LogP contribution in [-0.2, 0) is 52.5 Å². The summed E-state index contributed by atoms with van der Waals surface area (Å²) in [7, 11) is 2.93. The molecule has 3 aliphatic heterocycles. The fourth-order valence-electron chi connectivity index (χ4n) is 10.4. The van der Waals surface area contributed by atoms with E-state index in [9.17, 15) is 49.2 Å². The predicted molar refractivity (Wildman–Crippen MR) is 265 cm³/mol. The lowest BCUT2D eigenvalue weighted by atomic mass is 9.79. The van der Waals surface area contributed by atoms with Gasteiger partial charge < -0.3 is 49.0 Å². The molecule has 400 valence electrons. The van der Waals surface area contributed by atoms with Gasteiger partial charge in [0.1, 0.15) is 41.7 Å². The molecule has 1 aliphatic carbocycles. The SMILES string of the molecule is CO[C@H]1C[C@@H]2CC[C@@H](C)[C@@](O)(O2)C(=O)C(=O)N2CCCC[C@H]2C(=O)O[C@H]([C@H](C)CC2CCC(OC(=O)C(C)(CO)CO)CC2)CC(=O)[C@H](C)/C=C(\C)[C@@H](O)[C@@H](OC)C(=O)[C@H](C)C[C@H](C)/C=C/C=CC=C1C. The third-order valence-electron chi connectivity index (χ3n) is 15.6. The van der Waals surface area contributed by atoms with Crippen molar-refractivity contribution in [1.82, 2.24) is 4.90 Å². The van der Waals surface area contributed by atoms with Gasteiger partial charge in [-0.2, -0.15) is 0 Å². The van der Waals surface area contributed by atoms with Crippen molar-refractivity contribution in [3.05, 3.63) is 47.6 Å². The summed E-state index contributed by atoms with van der Waals surface area (Å²) in [5, 5.41) is 42.8. The zero-order chi connectivity index (χ0) is 52.8. The quantitative estimate of drug-likeness (QED) is 0.116. The van der Waals surface area contributed by atoms with E-state index in [2.05, 4.69) is 0 Å². The van der Waals surface area contributed by atoms with Gasteiger partial charge in [-0.25, -0.2) is 4.79 Å². The summed E-state index contributed by atoms with van der Waals surface area (Å²) < 4.78 is 29.5. The zero-order valence-electron chi connectivity index (χ0n) is 44.0. The smallest absolute Gasteiger partial charge is 0.329 e. The van der Waals surface area contributed by atoms with E-state index in [4.69, 9.17) is 23.7 Å². The average molecular weight is 1000 g/mol. The molecular weight excluding hydrogens is 915 g/mol. The number of rotatable bonds is 9. The van der Waals surface area contributed by atoms with Crippen LogP contribution in [0.3, 0.4) is 0 Å². The Bertz CT molecular complexity index is 1950. The van der Waals surface area contributed by atoms with Crippen LogP contribution in [0.25, 0.3) is 0 Å². The number of hydrogen-bond acceptors (Lipinski definition) is 15. The Balaban J connectivity index is 1.67. The first-order chi connectivity index (χ1) is 33.5. The van der Waals surface area contributed by atoms with Crippen molar-refractivity contribution in [2.75, 3.05) is 34.0 Å². The number of aliphatic hydroxyl groups excluding tert-OH is 3. The molecule has 4 N–H and O–H groups in total. The summed E-state index contributed by atoms with van der Waals surface area (Å²) in [6.45, 7) is 12.9. The number of esters is 2. The minimum atomic E-state index is -2.45. The molecule has 3 heterocycles. The van der Waals surface area contributed by atoms with Gasteiger partial charge in [-0.05, 0) is 120 Å². The summed E-state index contributed by atoms with van der Waals surface area (Å²) in [4.78, 5) is 84.9. The van der Waals surface area contributed by atoms with Crippen LogP contribution < -0.4 is 0 Å². The highest BCUT2D eigenvalue weighted by molar-refractivity contribution is 6.39. The molecule has 2 saturated heterocycles. The lowest BCUT2D eigenvalue weighted by Gasteiger charge is -2.42. The summed E-state index contributed by atoms with van der Waals surface area (Å²) in [6, 6.07) is -1.18. The van der Waals surface area contributed by atoms with E-state index in [1.165, 1.54) is 18.9 Å². The molecular formula is C55H85NO15. The number of carbonyl (C=O) groups excluding carboxylic acids is 6. The van der Waals surface area contributed by atoms with Gasteiger partial charge in [0, 0.05) is 51.4 Å². The molecule has 0 spiro atoms. The number of ether oxygens (including phenoxy) is 5. The Morgan fingerprint density at radius 2 is 1.56 bits per heavy atom. The highest BCUT2D eigenvalue weighted by atomic mass is 16.6. The zero-order valence-corrected chi connectivity index (χ0v) is 44.0. The molecule has 1 saturated carbocycles. The Labute approximate surface area is 421 Å². The molecule has 3 fully saturated rings. The first kappa shape index (κ1) is 59.7. The average Bonchev–Trinajstić information content (AvgIpc) is 3.35. The summed E-state index contributed by atoms with van der Waals surface area (Å²) >= 11 is 0. The van der Waals surface area contributed by atoms with Crippen molar-refractivity contribution >= 4 is 35.2 Å². The Morgan fingerprint density at radius 1 is 0.887 bits per heavy atom. The van der Waals surface area contributed by atoms with Crippen molar-refractivity contribution in [2.24, 2.45) is 40.9 Å². The molecule has 0 aromatic rings. The molecule has 12 atom stereocenters. The van der Waals surface area contributed by atoms with Gasteiger partial charge in [0.15, 0.2) is 5.78 Å². The largest absolute Gasteiger partial charge is 0.462 e. The van der Waals surface area contributed by atoms with E-state index in [1.54, 1.807) is 40.9 Å². The van der Waals surface area contributed by atoms with Crippen molar-refractivity contribution in [1.29, 1.82) is 0 Å². The van der Waals surface area contributed by atoms with Gasteiger partial charge in [-0.3, -0.25) is 24.0 Å². The van der Waals surface area contributed by atoms with Crippen molar-refractivity contribution < 1.29 is 72.9 Å². The van der Waals surface area contributed by atoms with Gasteiger partial charge in [0.2, 0.25) is 5.79 Å². The molecule has 0 unspecified atom stereocenters. The van der Waals surface area contributed by atoms with Crippen LogP contribution in [-0.4, -0.2) is 143 Å². The lowest BCUT2D eigenvalue weighted by Crippen LogP contribution is -2.61. The maximum atomic E-state index is 14.5. The Hall–Kier alpha value is -3.90. The number of nitrogens with zero attached hydrogens (tertiary/aromatic N) is 1. The number of ketones is 3. The second-order valence-corrected chi connectivity index (χ2v) is 21.5. The third-order valence-corrected chi connectivity index (χ3v) is 15.6. The van der Waals surface area contributed by atoms with Crippen LogP contribution in [0.1, 0.15) is 139 Å². The summed E-state index contributed by atoms with van der Waals surface area (Å²) in [5.74, 6) is -8.93. The molecule has 1 amide bonds. The number of Topliss-reactive ketones (excluding diaryl/α,β-unsaturated/α-hetero) is 3. The molecule has 16 heteroatoms. The van der Waals surface area contributed by atoms with Crippen LogP contribution in [0.15, 0.2) is 47.6 Å². The van der Waals surface area contributed by atoms with E-state index < -0.39 is 108 Å². The molecule has 0 radical (unpaired) electrons. The summed E-state index contributed by atoms with van der Waals surface area (Å²) in [6.07, 6.45) is 11.8. The number of carbonyl (C=O) groups is 6. The van der Waals surface area contributed by atoms with E-state index >= 15 is 0 Å². The standard InChI is InChI=1S/C55H85NO15/c1-33-16-12-11-13-17-34(2)45(67-9)29-42-22-19-39(7)55(66,71-42)50(62)51(63)56-25-15-14-18-43(56)52(64)70-46(30-44(59)35(3)27-38(6)48(61)49(68-10)47(60)37(5)26-33)36(4)28-40-20-23-41(24-21-40)69-53(65)54(8,31-57)32-58/h11-13,16-17,27,33,35-37,39-43,45-46,48-49,57-58,61,66H,14-15,18-26,28-32H2,1-10H3/b13-11?,16-12+,34-17?,38-27+/t33-,35-,36-,37-,39-,40?,41?,42+,43+,45+,46+,48-,49+,55-/m1/s1. The lowest BCUT2D eigenvalue weighted by molar-refractivity contribution is -0.265. The number of piperidine rings is 1. The monoisotopic (exact) mass is 1000 g/mol. The van der Waals surface area contributed by atoms with Gasteiger partial charge in [-0.15, -0.1) is 0 Å². The minimum Gasteiger partial charge on any atom is -0.462 e. The number of fused-ring (bicyclic) bond motifs is 3. The normalized spacial score (nSPS) is 35.9. The molecule has 16 nitrogen and oxygen atoms in total. The van der Waals surface area contributed by atoms with E-state index in [0.717, 1.165) is 5.57 Å². The van der Waals surface area contributed by atoms with Gasteiger partial charge in [0.05, 0.1) is 25.4 Å². The molecule has 4 aliphatic rings. The fraction of sp³-hybridized carbons (Fsp3) is 0.745. The minimum absolute atomic E-state index is 0.000990. The number of cyclic esters (lactones) is 1. The Kier molecular flexibility index (Phi) is 23.0. The number of methoxy groups -OCH3 is 2. The topological polar surface area (TPSA) is 233 Å². The molecule has 2 bridgehead atoms. The molecule has 0 aromatic carbocycles. The number of hydrogen-bond donors (Lipinski definition) is 4. The number of allylic oxidation sites excluding steroid dienone is 6. The van der Waals surface area contributed by atoms with Gasteiger partial charge in [0.25, 0.3) is 11.7 Å². The van der Waals surface area contributed by atoms with Crippen molar-refractivity contribution in [2.45, 2.75) is 187 Å². The maximum Gasteiger partial charge on any atom is 0.329 e. The van der Waals surface area contributed by atoms with Gasteiger partial charge >= 0.3 is 11.9 Å². The highest BCUT2D eigenvalue weighted by Gasteiger charge is 2.53. The van der Waals surface area contributed by atoms with E-state index in [-0.39, 0.29) is 48.7 Å². The predicted octanol–water partition coefficient (Wildman–Crippen LogP) is 6.10. The van der Waals surface area contributed by atoms with Crippen LogP contribution in [0, 0.1) is 40.9 Å². The van der Waals surface area contributed by atoms with E-state index in [1.807, 2.05) is 51.2 Å². The van der Waals surface area contributed by atoms with Gasteiger partial charge in [-0.1, -0.05) is 71.1 Å². The molecule has 4 rings (SSSR count). The number of amides is 1. The Morgan fingerprint density at radius 3 is 2.20 bits per heavy atom. The van der Waals surface area contributed by atoms with Crippen LogP contribution in [0.5, 0.6) is 0 Å². The number of aliphatic hydroxyl groups is 4. The highest BCUT2D eigenvalue weighted by Crippen LogP contribution is 2.38.